The maximum absolute atomic E-state index is 12.8. The first-order chi connectivity index (χ1) is 32.5. The van der Waals surface area contributed by atoms with Crippen LogP contribution in [0.2, 0.25) is 0 Å². The number of unbranched alkanes of at least 4 members (excludes halogenated alkanes) is 22. The molecule has 0 aliphatic carbocycles. The Balaban J connectivity index is 4.51. The number of rotatable bonds is 48. The summed E-state index contributed by atoms with van der Waals surface area (Å²) < 4.78 is 16.7. The third-order valence-corrected chi connectivity index (χ3v) is 11.3. The Morgan fingerprint density at radius 1 is 0.333 bits per heavy atom. The normalized spacial score (nSPS) is 12.8. The first-order valence-electron chi connectivity index (χ1n) is 27.2. The van der Waals surface area contributed by atoms with Gasteiger partial charge in [0.15, 0.2) is 6.10 Å². The predicted octanol–water partition coefficient (Wildman–Crippen LogP) is 18.1. The van der Waals surface area contributed by atoms with Crippen LogP contribution in [0.25, 0.3) is 0 Å². The zero-order valence-corrected chi connectivity index (χ0v) is 42.9. The Hall–Kier alpha value is -3.67. The summed E-state index contributed by atoms with van der Waals surface area (Å²) in [6.45, 7) is 6.40. The van der Waals surface area contributed by atoms with Crippen molar-refractivity contribution in [3.63, 3.8) is 0 Å². The molecule has 0 radical (unpaired) electrons. The highest BCUT2D eigenvalue weighted by molar-refractivity contribution is 5.72. The molecule has 0 aliphatic rings. The molecule has 6 nitrogen and oxygen atoms in total. The van der Waals surface area contributed by atoms with Crippen LogP contribution in [0.5, 0.6) is 0 Å². The number of allylic oxidation sites excluding steroid dienone is 15. The molecule has 1 atom stereocenters. The van der Waals surface area contributed by atoms with Crippen molar-refractivity contribution in [3.8, 4) is 0 Å². The molecule has 0 spiro atoms. The van der Waals surface area contributed by atoms with Gasteiger partial charge in [-0.3, -0.25) is 14.4 Å². The summed E-state index contributed by atoms with van der Waals surface area (Å²) >= 11 is 0. The van der Waals surface area contributed by atoms with Crippen LogP contribution in [0.4, 0.5) is 0 Å². The molecule has 0 bridgehead atoms. The molecule has 0 aromatic heterocycles. The minimum absolute atomic E-state index is 0.0912. The first kappa shape index (κ1) is 62.3. The van der Waals surface area contributed by atoms with E-state index in [9.17, 15) is 14.4 Å². The Labute approximate surface area is 407 Å². The lowest BCUT2D eigenvalue weighted by atomic mass is 10.1. The molecule has 0 amide bonds. The zero-order valence-electron chi connectivity index (χ0n) is 42.9. The largest absolute Gasteiger partial charge is 0.462 e. The molecular weight excluding hydrogens is 817 g/mol. The van der Waals surface area contributed by atoms with Gasteiger partial charge in [0, 0.05) is 12.8 Å². The summed E-state index contributed by atoms with van der Waals surface area (Å²) in [5.74, 6) is -1.07. The average Bonchev–Trinajstić information content (AvgIpc) is 3.31. The van der Waals surface area contributed by atoms with Gasteiger partial charge in [-0.1, -0.05) is 221 Å². The molecule has 0 rings (SSSR count). The lowest BCUT2D eigenvalue weighted by Gasteiger charge is -2.18. The molecule has 66 heavy (non-hydrogen) atoms. The van der Waals surface area contributed by atoms with Gasteiger partial charge in [0.05, 0.1) is 6.42 Å². The minimum atomic E-state index is -0.840. The molecule has 6 heteroatoms. The van der Waals surface area contributed by atoms with E-state index >= 15 is 0 Å². The van der Waals surface area contributed by atoms with Crippen molar-refractivity contribution in [3.05, 3.63) is 97.2 Å². The van der Waals surface area contributed by atoms with Gasteiger partial charge in [-0.25, -0.2) is 0 Å². The topological polar surface area (TPSA) is 78.9 Å². The maximum atomic E-state index is 12.8. The van der Waals surface area contributed by atoms with Gasteiger partial charge in [-0.15, -0.1) is 0 Å². The van der Waals surface area contributed by atoms with Crippen molar-refractivity contribution in [2.75, 3.05) is 13.2 Å². The zero-order chi connectivity index (χ0) is 47.9. The fourth-order valence-corrected chi connectivity index (χ4v) is 7.25. The van der Waals surface area contributed by atoms with Crippen LogP contribution in [0, 0.1) is 0 Å². The van der Waals surface area contributed by atoms with Gasteiger partial charge >= 0.3 is 17.9 Å². The fourth-order valence-electron chi connectivity index (χ4n) is 7.25. The summed E-state index contributed by atoms with van der Waals surface area (Å²) in [6.07, 6.45) is 71.3. The third-order valence-electron chi connectivity index (χ3n) is 11.3. The van der Waals surface area contributed by atoms with Crippen molar-refractivity contribution in [1.82, 2.24) is 0 Å². The first-order valence-corrected chi connectivity index (χ1v) is 27.2. The Morgan fingerprint density at radius 2 is 0.636 bits per heavy atom. The Bertz CT molecular complexity index is 1330. The van der Waals surface area contributed by atoms with Crippen LogP contribution in [0.3, 0.4) is 0 Å². The van der Waals surface area contributed by atoms with E-state index < -0.39 is 12.1 Å². The molecule has 0 N–H and O–H groups in total. The summed E-state index contributed by atoms with van der Waals surface area (Å²) in [7, 11) is 0. The summed E-state index contributed by atoms with van der Waals surface area (Å²) in [6, 6.07) is 0. The van der Waals surface area contributed by atoms with Crippen molar-refractivity contribution in [2.45, 2.75) is 252 Å². The van der Waals surface area contributed by atoms with E-state index in [4.69, 9.17) is 14.2 Å². The molecular formula is C60H100O6. The smallest absolute Gasteiger partial charge is 0.310 e. The SMILES string of the molecule is CC/C=C\C/C=C\C/C=C\C/C=C\C/C=C\CC(=O)OC(COC(=O)CCCCCCC/C=C\C/C=C\CCCCC)COC(=O)CCCCCCCCC/C=C\CCCCCCCCC. The number of hydrogen-bond acceptors (Lipinski definition) is 6. The molecule has 376 valence electrons. The number of carbonyl (C=O) groups is 3. The van der Waals surface area contributed by atoms with Gasteiger partial charge in [0.1, 0.15) is 13.2 Å². The van der Waals surface area contributed by atoms with Crippen LogP contribution in [0.15, 0.2) is 97.2 Å². The summed E-state index contributed by atoms with van der Waals surface area (Å²) in [5.41, 5.74) is 0. The minimum Gasteiger partial charge on any atom is -0.462 e. The quantitative estimate of drug-likeness (QED) is 0.0262. The highest BCUT2D eigenvalue weighted by Crippen LogP contribution is 2.14. The Morgan fingerprint density at radius 3 is 1.05 bits per heavy atom. The lowest BCUT2D eigenvalue weighted by molar-refractivity contribution is -0.166. The highest BCUT2D eigenvalue weighted by Gasteiger charge is 2.19. The van der Waals surface area contributed by atoms with Gasteiger partial charge in [0.2, 0.25) is 0 Å². The second-order valence-electron chi connectivity index (χ2n) is 17.8. The van der Waals surface area contributed by atoms with E-state index in [1.165, 1.54) is 109 Å². The lowest BCUT2D eigenvalue weighted by Crippen LogP contribution is -2.30. The van der Waals surface area contributed by atoms with Gasteiger partial charge in [-0.2, -0.15) is 0 Å². The predicted molar refractivity (Wildman–Crippen MR) is 284 cm³/mol. The van der Waals surface area contributed by atoms with Crippen LogP contribution < -0.4 is 0 Å². The number of esters is 3. The van der Waals surface area contributed by atoms with Crippen LogP contribution >= 0.6 is 0 Å². The molecule has 0 aromatic rings. The van der Waals surface area contributed by atoms with E-state index in [0.717, 1.165) is 89.9 Å². The molecule has 0 saturated heterocycles. The van der Waals surface area contributed by atoms with Crippen molar-refractivity contribution in [1.29, 1.82) is 0 Å². The number of carbonyl (C=O) groups excluding carboxylic acids is 3. The van der Waals surface area contributed by atoms with E-state index in [2.05, 4.69) is 106 Å². The van der Waals surface area contributed by atoms with Crippen LogP contribution in [-0.2, 0) is 28.6 Å². The van der Waals surface area contributed by atoms with Crippen molar-refractivity contribution >= 4 is 17.9 Å². The van der Waals surface area contributed by atoms with E-state index in [1.54, 1.807) is 6.08 Å². The average molecular weight is 917 g/mol. The Kier molecular flexibility index (Phi) is 50.9. The monoisotopic (exact) mass is 917 g/mol. The fraction of sp³-hybridized carbons (Fsp3) is 0.683. The van der Waals surface area contributed by atoms with E-state index in [0.29, 0.717) is 19.3 Å². The second kappa shape index (κ2) is 53.9. The van der Waals surface area contributed by atoms with Gasteiger partial charge in [0.25, 0.3) is 0 Å². The van der Waals surface area contributed by atoms with E-state index in [1.807, 2.05) is 6.08 Å². The summed E-state index contributed by atoms with van der Waals surface area (Å²) in [5, 5.41) is 0. The summed E-state index contributed by atoms with van der Waals surface area (Å²) in [4.78, 5) is 38.0. The molecule has 0 fully saturated rings. The number of hydrogen-bond donors (Lipinski definition) is 0. The van der Waals surface area contributed by atoms with Crippen LogP contribution in [-0.4, -0.2) is 37.2 Å². The van der Waals surface area contributed by atoms with E-state index in [-0.39, 0.29) is 31.6 Å². The maximum Gasteiger partial charge on any atom is 0.310 e. The molecule has 0 aromatic carbocycles. The van der Waals surface area contributed by atoms with Crippen molar-refractivity contribution in [2.24, 2.45) is 0 Å². The molecule has 0 heterocycles. The second-order valence-corrected chi connectivity index (χ2v) is 17.8. The molecule has 1 unspecified atom stereocenters. The number of ether oxygens (including phenoxy) is 3. The highest BCUT2D eigenvalue weighted by atomic mass is 16.6. The van der Waals surface area contributed by atoms with Crippen LogP contribution in [0.1, 0.15) is 245 Å². The van der Waals surface area contributed by atoms with Gasteiger partial charge in [-0.05, 0) is 103 Å². The standard InChI is InChI=1S/C60H100O6/c1-4-7-10-13-16-19-22-25-28-29-30-33-35-38-41-44-47-50-53-59(62)65-56-57(66-60(63)54-51-48-45-42-39-36-32-27-24-21-18-15-12-9-6-3)55-64-58(61)52-49-46-43-40-37-34-31-26-23-20-17-14-11-8-5-2/h9,12,17-18,20-21,26-29,31-32,39,42,48,51,57H,4-8,10-11,13-16,19,22-25,30,33-38,40-41,43-47,49-50,52-56H2,1-3H3/b12-9-,20-17-,21-18-,29-28-,31-26-,32-27-,42-39-,51-48-. The molecule has 0 saturated carbocycles. The van der Waals surface area contributed by atoms with Crippen molar-refractivity contribution < 1.29 is 28.6 Å². The third kappa shape index (κ3) is 51.3. The van der Waals surface area contributed by atoms with Gasteiger partial charge < -0.3 is 14.2 Å². The molecule has 0 aliphatic heterocycles.